The Kier molecular flexibility index (Phi) is 3.78. The highest BCUT2D eigenvalue weighted by Crippen LogP contribution is 2.25. The molecule has 0 aromatic heterocycles. The zero-order valence-electron chi connectivity index (χ0n) is 11.1. The first-order chi connectivity index (χ1) is 8.50. The van der Waals surface area contributed by atoms with Crippen LogP contribution in [0.5, 0.6) is 5.75 Å². The summed E-state index contributed by atoms with van der Waals surface area (Å²) in [4.78, 5) is 2.35. The van der Waals surface area contributed by atoms with Gasteiger partial charge in [0.15, 0.2) is 0 Å². The molecule has 0 amide bonds. The molecule has 0 saturated carbocycles. The predicted octanol–water partition coefficient (Wildman–Crippen LogP) is 1.62. The number of rotatable bonds is 3. The Bertz CT molecular complexity index is 408. The van der Waals surface area contributed by atoms with E-state index in [9.17, 15) is 5.11 Å². The van der Waals surface area contributed by atoms with Gasteiger partial charge in [0.25, 0.3) is 0 Å². The smallest absolute Gasteiger partial charge is 0.141 e. The van der Waals surface area contributed by atoms with Crippen LogP contribution in [-0.4, -0.2) is 35.8 Å². The van der Waals surface area contributed by atoms with Crippen LogP contribution in [-0.2, 0) is 6.54 Å². The molecule has 2 rings (SSSR count). The molecule has 0 unspecified atom stereocenters. The van der Waals surface area contributed by atoms with E-state index >= 15 is 0 Å². The molecule has 1 aliphatic heterocycles. The minimum Gasteiger partial charge on any atom is -0.495 e. The standard InChI is InChI=1S/C14H22N2O2/c1-14(17)5-7-16(8-6-14)10-11-3-4-13(18-2)12(15)9-11/h3-4,9,17H,5-8,10,15H2,1-2H3. The summed E-state index contributed by atoms with van der Waals surface area (Å²) in [5.74, 6) is 0.723. The van der Waals surface area contributed by atoms with Crippen molar-refractivity contribution in [3.05, 3.63) is 23.8 Å². The maximum absolute atomic E-state index is 9.91. The average Bonchev–Trinajstić information content (AvgIpc) is 2.32. The average molecular weight is 250 g/mol. The van der Waals surface area contributed by atoms with Gasteiger partial charge in [-0.2, -0.15) is 0 Å². The second-order valence-electron chi connectivity index (χ2n) is 5.35. The number of nitrogen functional groups attached to an aromatic ring is 1. The number of nitrogens with zero attached hydrogens (tertiary/aromatic N) is 1. The molecule has 1 aromatic carbocycles. The molecule has 4 heteroatoms. The molecular weight excluding hydrogens is 228 g/mol. The molecule has 0 aliphatic carbocycles. The lowest BCUT2D eigenvalue weighted by Crippen LogP contribution is -2.41. The predicted molar refractivity (Wildman–Crippen MR) is 72.5 cm³/mol. The van der Waals surface area contributed by atoms with E-state index in [1.165, 1.54) is 5.56 Å². The Morgan fingerprint density at radius 3 is 2.61 bits per heavy atom. The van der Waals surface area contributed by atoms with Crippen LogP contribution in [0.4, 0.5) is 5.69 Å². The van der Waals surface area contributed by atoms with Crippen molar-refractivity contribution in [2.24, 2.45) is 0 Å². The van der Waals surface area contributed by atoms with Crippen molar-refractivity contribution in [2.45, 2.75) is 31.9 Å². The zero-order valence-corrected chi connectivity index (χ0v) is 11.1. The molecule has 1 fully saturated rings. The molecule has 0 atom stereocenters. The molecule has 1 saturated heterocycles. The van der Waals surface area contributed by atoms with Gasteiger partial charge in [0, 0.05) is 19.6 Å². The van der Waals surface area contributed by atoms with Crippen LogP contribution >= 0.6 is 0 Å². The third kappa shape index (κ3) is 3.15. The number of likely N-dealkylation sites (tertiary alicyclic amines) is 1. The number of ether oxygens (including phenoxy) is 1. The number of piperidine rings is 1. The Balaban J connectivity index is 1.96. The Morgan fingerprint density at radius 2 is 2.06 bits per heavy atom. The number of hydrogen-bond donors (Lipinski definition) is 2. The molecule has 3 N–H and O–H groups in total. The molecule has 0 bridgehead atoms. The van der Waals surface area contributed by atoms with E-state index in [-0.39, 0.29) is 0 Å². The van der Waals surface area contributed by atoms with Crippen molar-refractivity contribution in [1.29, 1.82) is 0 Å². The van der Waals surface area contributed by atoms with E-state index in [1.807, 2.05) is 25.1 Å². The van der Waals surface area contributed by atoms with Crippen molar-refractivity contribution in [3.63, 3.8) is 0 Å². The van der Waals surface area contributed by atoms with E-state index in [0.717, 1.165) is 38.2 Å². The van der Waals surface area contributed by atoms with Gasteiger partial charge in [-0.15, -0.1) is 0 Å². The Labute approximate surface area is 108 Å². The highest BCUT2D eigenvalue weighted by molar-refractivity contribution is 5.54. The molecule has 100 valence electrons. The van der Waals surface area contributed by atoms with E-state index in [0.29, 0.717) is 5.69 Å². The topological polar surface area (TPSA) is 58.7 Å². The summed E-state index contributed by atoms with van der Waals surface area (Å²) in [6.07, 6.45) is 1.66. The Morgan fingerprint density at radius 1 is 1.39 bits per heavy atom. The van der Waals surface area contributed by atoms with Gasteiger partial charge < -0.3 is 15.6 Å². The van der Waals surface area contributed by atoms with Crippen LogP contribution in [0.2, 0.25) is 0 Å². The molecule has 0 radical (unpaired) electrons. The number of benzene rings is 1. The number of aliphatic hydroxyl groups is 1. The fourth-order valence-electron chi connectivity index (χ4n) is 2.33. The quantitative estimate of drug-likeness (QED) is 0.800. The third-order valence-electron chi connectivity index (χ3n) is 3.63. The van der Waals surface area contributed by atoms with Gasteiger partial charge in [-0.3, -0.25) is 4.90 Å². The fraction of sp³-hybridized carbons (Fsp3) is 0.571. The Hall–Kier alpha value is -1.26. The van der Waals surface area contributed by atoms with Crippen molar-refractivity contribution in [3.8, 4) is 5.75 Å². The second kappa shape index (κ2) is 5.16. The summed E-state index contributed by atoms with van der Waals surface area (Å²) < 4.78 is 5.15. The molecule has 1 heterocycles. The van der Waals surface area contributed by atoms with Gasteiger partial charge in [-0.05, 0) is 37.5 Å². The maximum Gasteiger partial charge on any atom is 0.141 e. The summed E-state index contributed by atoms with van der Waals surface area (Å²) in [5, 5.41) is 9.91. The first-order valence-electron chi connectivity index (χ1n) is 6.37. The number of anilines is 1. The zero-order chi connectivity index (χ0) is 13.2. The van der Waals surface area contributed by atoms with Gasteiger partial charge in [0.2, 0.25) is 0 Å². The summed E-state index contributed by atoms with van der Waals surface area (Å²) >= 11 is 0. The third-order valence-corrected chi connectivity index (χ3v) is 3.63. The lowest BCUT2D eigenvalue weighted by Gasteiger charge is -2.35. The monoisotopic (exact) mass is 250 g/mol. The molecule has 4 nitrogen and oxygen atoms in total. The summed E-state index contributed by atoms with van der Waals surface area (Å²) in [5.41, 5.74) is 7.28. The van der Waals surface area contributed by atoms with Crippen LogP contribution in [0.25, 0.3) is 0 Å². The number of nitrogens with two attached hydrogens (primary N) is 1. The van der Waals surface area contributed by atoms with Crippen LogP contribution in [0, 0.1) is 0 Å². The van der Waals surface area contributed by atoms with Gasteiger partial charge in [0.05, 0.1) is 18.4 Å². The van der Waals surface area contributed by atoms with Gasteiger partial charge in [0.1, 0.15) is 5.75 Å². The lowest BCUT2D eigenvalue weighted by atomic mass is 9.93. The summed E-state index contributed by atoms with van der Waals surface area (Å²) in [7, 11) is 1.62. The van der Waals surface area contributed by atoms with Crippen molar-refractivity contribution >= 4 is 5.69 Å². The van der Waals surface area contributed by atoms with E-state index in [2.05, 4.69) is 4.90 Å². The van der Waals surface area contributed by atoms with E-state index < -0.39 is 5.60 Å². The van der Waals surface area contributed by atoms with Crippen LogP contribution in [0.3, 0.4) is 0 Å². The largest absolute Gasteiger partial charge is 0.495 e. The van der Waals surface area contributed by atoms with Crippen LogP contribution < -0.4 is 10.5 Å². The SMILES string of the molecule is COc1ccc(CN2CCC(C)(O)CC2)cc1N. The van der Waals surface area contributed by atoms with Crippen LogP contribution in [0.1, 0.15) is 25.3 Å². The van der Waals surface area contributed by atoms with Crippen LogP contribution in [0.15, 0.2) is 18.2 Å². The normalized spacial score (nSPS) is 19.7. The highest BCUT2D eigenvalue weighted by atomic mass is 16.5. The van der Waals surface area contributed by atoms with Gasteiger partial charge in [-0.1, -0.05) is 6.07 Å². The molecule has 18 heavy (non-hydrogen) atoms. The molecule has 1 aliphatic rings. The fourth-order valence-corrected chi connectivity index (χ4v) is 2.33. The first kappa shape index (κ1) is 13.2. The summed E-state index contributed by atoms with van der Waals surface area (Å²) in [6.45, 7) is 4.65. The van der Waals surface area contributed by atoms with Crippen molar-refractivity contribution in [1.82, 2.24) is 4.90 Å². The highest BCUT2D eigenvalue weighted by Gasteiger charge is 2.27. The first-order valence-corrected chi connectivity index (χ1v) is 6.37. The minimum atomic E-state index is -0.491. The molecule has 0 spiro atoms. The number of methoxy groups -OCH3 is 1. The molecule has 1 aromatic rings. The van der Waals surface area contributed by atoms with E-state index in [1.54, 1.807) is 7.11 Å². The van der Waals surface area contributed by atoms with Crippen molar-refractivity contribution in [2.75, 3.05) is 25.9 Å². The molecular formula is C14H22N2O2. The van der Waals surface area contributed by atoms with Gasteiger partial charge >= 0.3 is 0 Å². The van der Waals surface area contributed by atoms with Crippen molar-refractivity contribution < 1.29 is 9.84 Å². The second-order valence-corrected chi connectivity index (χ2v) is 5.35. The minimum absolute atomic E-state index is 0.491. The number of hydrogen-bond acceptors (Lipinski definition) is 4. The van der Waals surface area contributed by atoms with E-state index in [4.69, 9.17) is 10.5 Å². The summed E-state index contributed by atoms with van der Waals surface area (Å²) in [6, 6.07) is 5.91. The lowest BCUT2D eigenvalue weighted by molar-refractivity contribution is -0.00729. The maximum atomic E-state index is 9.91. The van der Waals surface area contributed by atoms with Gasteiger partial charge in [-0.25, -0.2) is 0 Å².